The number of urea groups is 1. The third-order valence-corrected chi connectivity index (χ3v) is 3.19. The zero-order valence-corrected chi connectivity index (χ0v) is 13.6. The topological polar surface area (TPSA) is 118 Å². The number of carbonyl (C=O) groups is 1. The van der Waals surface area contributed by atoms with Crippen molar-refractivity contribution < 1.29 is 4.79 Å². The number of nitrogens with zero attached hydrogens (tertiary/aromatic N) is 2. The highest BCUT2D eigenvalue weighted by atomic mass is 16.2. The van der Waals surface area contributed by atoms with E-state index in [-0.39, 0.29) is 12.0 Å². The average molecular weight is 324 g/mol. The van der Waals surface area contributed by atoms with Gasteiger partial charge in [-0.3, -0.25) is 0 Å². The summed E-state index contributed by atoms with van der Waals surface area (Å²) in [5, 5.41) is 13.0. The Labute approximate surface area is 140 Å². The molecule has 0 aliphatic carbocycles. The van der Waals surface area contributed by atoms with Crippen molar-refractivity contribution in [3.05, 3.63) is 59.7 Å². The summed E-state index contributed by atoms with van der Waals surface area (Å²) >= 11 is 0. The van der Waals surface area contributed by atoms with Crippen molar-refractivity contribution in [2.75, 3.05) is 10.6 Å². The van der Waals surface area contributed by atoms with Crippen molar-refractivity contribution in [3.63, 3.8) is 0 Å². The summed E-state index contributed by atoms with van der Waals surface area (Å²) in [7, 11) is 0. The lowest BCUT2D eigenvalue weighted by molar-refractivity contribution is 0.262. The first-order valence-corrected chi connectivity index (χ1v) is 7.32. The van der Waals surface area contributed by atoms with E-state index in [1.54, 1.807) is 19.1 Å². The molecule has 0 aromatic heterocycles. The number of nitrogens with one attached hydrogen (secondary N) is 2. The molecule has 2 aromatic carbocycles. The van der Waals surface area contributed by atoms with E-state index in [0.717, 1.165) is 16.8 Å². The van der Waals surface area contributed by atoms with Gasteiger partial charge in [-0.25, -0.2) is 4.79 Å². The minimum Gasteiger partial charge on any atom is -0.369 e. The maximum Gasteiger partial charge on any atom is 0.323 e. The Morgan fingerprint density at radius 2 is 1.38 bits per heavy atom. The number of benzene rings is 2. The van der Waals surface area contributed by atoms with Crippen LogP contribution in [0.25, 0.3) is 0 Å². The molecule has 0 heterocycles. The van der Waals surface area contributed by atoms with Crippen molar-refractivity contribution in [2.45, 2.75) is 13.8 Å². The van der Waals surface area contributed by atoms with E-state index in [1.807, 2.05) is 43.3 Å². The quantitative estimate of drug-likeness (QED) is 0.393. The second kappa shape index (κ2) is 7.77. The van der Waals surface area contributed by atoms with Gasteiger partial charge < -0.3 is 22.1 Å². The van der Waals surface area contributed by atoms with Crippen LogP contribution in [0.15, 0.2) is 58.7 Å². The van der Waals surface area contributed by atoms with Crippen LogP contribution < -0.4 is 22.1 Å². The summed E-state index contributed by atoms with van der Waals surface area (Å²) in [6, 6.07) is 14.5. The predicted molar refractivity (Wildman–Crippen MR) is 98.3 cm³/mol. The van der Waals surface area contributed by atoms with Crippen LogP contribution >= 0.6 is 0 Å². The highest BCUT2D eigenvalue weighted by molar-refractivity contribution is 6.01. The van der Waals surface area contributed by atoms with E-state index in [4.69, 9.17) is 11.5 Å². The van der Waals surface area contributed by atoms with Gasteiger partial charge >= 0.3 is 6.03 Å². The second-order valence-electron chi connectivity index (χ2n) is 5.23. The monoisotopic (exact) mass is 324 g/mol. The maximum atomic E-state index is 12.0. The fourth-order valence-corrected chi connectivity index (χ4v) is 1.92. The zero-order valence-electron chi connectivity index (χ0n) is 13.6. The molecule has 2 rings (SSSR count). The standard InChI is InChI=1S/C17H20N6O/c1-11-3-7-14(8-4-11)20-17(24)21-15-9-5-13(6-10-15)12(2)22-23-16(18)19/h3-10H,1-2H3,(H4,18,19,23)(H2,20,21,24)/b22-12-. The summed E-state index contributed by atoms with van der Waals surface area (Å²) in [4.78, 5) is 12.0. The second-order valence-corrected chi connectivity index (χ2v) is 5.23. The van der Waals surface area contributed by atoms with Crippen molar-refractivity contribution in [2.24, 2.45) is 21.7 Å². The van der Waals surface area contributed by atoms with Crippen LogP contribution in [0, 0.1) is 6.92 Å². The van der Waals surface area contributed by atoms with Crippen molar-refractivity contribution in [1.29, 1.82) is 0 Å². The molecular weight excluding hydrogens is 304 g/mol. The lowest BCUT2D eigenvalue weighted by Crippen LogP contribution is -2.22. The number of hydrogen-bond donors (Lipinski definition) is 4. The van der Waals surface area contributed by atoms with E-state index < -0.39 is 0 Å². The van der Waals surface area contributed by atoms with Gasteiger partial charge in [-0.15, -0.1) is 5.10 Å². The Balaban J connectivity index is 1.98. The highest BCUT2D eigenvalue weighted by Gasteiger charge is 2.03. The SMILES string of the molecule is C/C(=N/N=C(N)N)c1ccc(NC(=O)Nc2ccc(C)cc2)cc1. The van der Waals surface area contributed by atoms with Crippen LogP contribution in [0.3, 0.4) is 0 Å². The molecule has 0 bridgehead atoms. The van der Waals surface area contributed by atoms with E-state index >= 15 is 0 Å². The molecule has 0 fully saturated rings. The normalized spacial score (nSPS) is 10.8. The molecular formula is C17H20N6O. The van der Waals surface area contributed by atoms with Crippen molar-refractivity contribution in [1.82, 2.24) is 0 Å². The number of anilines is 2. The number of guanidine groups is 1. The summed E-state index contributed by atoms with van der Waals surface area (Å²) in [5.74, 6) is -0.0968. The first-order chi connectivity index (χ1) is 11.4. The Bertz CT molecular complexity index is 759. The zero-order chi connectivity index (χ0) is 17.5. The van der Waals surface area contributed by atoms with Crippen LogP contribution in [0.5, 0.6) is 0 Å². The maximum absolute atomic E-state index is 12.0. The summed E-state index contributed by atoms with van der Waals surface area (Å²) < 4.78 is 0. The van der Waals surface area contributed by atoms with E-state index in [9.17, 15) is 4.79 Å². The summed E-state index contributed by atoms with van der Waals surface area (Å²) in [6.45, 7) is 3.78. The molecule has 0 saturated carbocycles. The van der Waals surface area contributed by atoms with Crippen molar-refractivity contribution in [3.8, 4) is 0 Å². The fourth-order valence-electron chi connectivity index (χ4n) is 1.92. The number of aryl methyl sites for hydroxylation is 1. The van der Waals surface area contributed by atoms with Crippen molar-refractivity contribution >= 4 is 29.1 Å². The molecule has 2 aromatic rings. The number of carbonyl (C=O) groups excluding carboxylic acids is 1. The highest BCUT2D eigenvalue weighted by Crippen LogP contribution is 2.13. The van der Waals surface area contributed by atoms with Crippen LogP contribution in [0.4, 0.5) is 16.2 Å². The minimum absolute atomic E-state index is 0.0968. The van der Waals surface area contributed by atoms with Gasteiger partial charge in [0.25, 0.3) is 0 Å². The van der Waals surface area contributed by atoms with Crippen LogP contribution in [-0.2, 0) is 0 Å². The van der Waals surface area contributed by atoms with Gasteiger partial charge in [0.2, 0.25) is 5.96 Å². The number of rotatable bonds is 4. The predicted octanol–water partition coefficient (Wildman–Crippen LogP) is 2.64. The Hall–Kier alpha value is -3.35. The lowest BCUT2D eigenvalue weighted by Gasteiger charge is -2.08. The van der Waals surface area contributed by atoms with Crippen LogP contribution in [0.2, 0.25) is 0 Å². The molecule has 7 nitrogen and oxygen atoms in total. The van der Waals surface area contributed by atoms with Gasteiger partial charge in [-0.2, -0.15) is 5.10 Å². The Morgan fingerprint density at radius 3 is 1.88 bits per heavy atom. The Morgan fingerprint density at radius 1 is 0.875 bits per heavy atom. The molecule has 0 aliphatic rings. The molecule has 2 amide bonds. The molecule has 0 saturated heterocycles. The average Bonchev–Trinajstić information content (AvgIpc) is 2.55. The molecule has 0 unspecified atom stereocenters. The Kier molecular flexibility index (Phi) is 5.51. The molecule has 0 spiro atoms. The van der Waals surface area contributed by atoms with Gasteiger partial charge in [0.05, 0.1) is 5.71 Å². The fraction of sp³-hybridized carbons (Fsp3) is 0.118. The first-order valence-electron chi connectivity index (χ1n) is 7.32. The van der Waals surface area contributed by atoms with Gasteiger partial charge in [0, 0.05) is 11.4 Å². The van der Waals surface area contributed by atoms with Gasteiger partial charge in [-0.05, 0) is 43.7 Å². The molecule has 0 atom stereocenters. The van der Waals surface area contributed by atoms with Gasteiger partial charge in [0.1, 0.15) is 0 Å². The van der Waals surface area contributed by atoms with Gasteiger partial charge in [0.15, 0.2) is 0 Å². The summed E-state index contributed by atoms with van der Waals surface area (Å²) in [6.07, 6.45) is 0. The molecule has 24 heavy (non-hydrogen) atoms. The molecule has 0 radical (unpaired) electrons. The van der Waals surface area contributed by atoms with Crippen LogP contribution in [-0.4, -0.2) is 17.7 Å². The number of nitrogens with two attached hydrogens (primary N) is 2. The van der Waals surface area contributed by atoms with Crippen LogP contribution in [0.1, 0.15) is 18.1 Å². The van der Waals surface area contributed by atoms with E-state index in [0.29, 0.717) is 11.4 Å². The molecule has 7 heteroatoms. The molecule has 6 N–H and O–H groups in total. The molecule has 124 valence electrons. The number of amides is 2. The third kappa shape index (κ3) is 5.13. The van der Waals surface area contributed by atoms with E-state index in [1.165, 1.54) is 0 Å². The van der Waals surface area contributed by atoms with E-state index in [2.05, 4.69) is 20.8 Å². The largest absolute Gasteiger partial charge is 0.369 e. The molecule has 0 aliphatic heterocycles. The summed E-state index contributed by atoms with van der Waals surface area (Å²) in [5.41, 5.74) is 14.5. The third-order valence-electron chi connectivity index (χ3n) is 3.19. The first kappa shape index (κ1) is 17.0. The lowest BCUT2D eigenvalue weighted by atomic mass is 10.1. The number of hydrogen-bond acceptors (Lipinski definition) is 3. The smallest absolute Gasteiger partial charge is 0.323 e. The minimum atomic E-state index is -0.308. The van der Waals surface area contributed by atoms with Gasteiger partial charge in [-0.1, -0.05) is 29.8 Å².